The molecule has 0 rings (SSSR count). The average molecular weight is 190 g/mol. The van der Waals surface area contributed by atoms with Crippen LogP contribution in [0, 0.1) is 0 Å². The fourth-order valence-electron chi connectivity index (χ4n) is 1.16. The van der Waals surface area contributed by atoms with Crippen molar-refractivity contribution in [2.75, 3.05) is 46.9 Å². The summed E-state index contributed by atoms with van der Waals surface area (Å²) in [5.74, 6) is 0. The van der Waals surface area contributed by atoms with Gasteiger partial charge in [0.15, 0.2) is 0 Å². The second-order valence-electron chi connectivity index (χ2n) is 3.27. The Morgan fingerprint density at radius 2 is 2.15 bits per heavy atom. The Bertz CT molecular complexity index is 110. The number of likely N-dealkylation sites (N-methyl/N-ethyl adjacent to an activating group) is 1. The molecule has 0 aromatic heterocycles. The van der Waals surface area contributed by atoms with Crippen LogP contribution in [0.5, 0.6) is 0 Å². The highest BCUT2D eigenvalue weighted by atomic mass is 16.5. The van der Waals surface area contributed by atoms with E-state index in [1.165, 1.54) is 0 Å². The Labute approximate surface area is 80.9 Å². The standard InChI is InChI=1S/C9H22N2O2/c1-4-13-9(8-11(2)3)7-10-5-6-12/h9-10,12H,4-8H2,1-3H3. The maximum Gasteiger partial charge on any atom is 0.0825 e. The van der Waals surface area contributed by atoms with Gasteiger partial charge in [0.1, 0.15) is 0 Å². The Balaban J connectivity index is 3.53. The number of hydrogen-bond donors (Lipinski definition) is 2. The van der Waals surface area contributed by atoms with Gasteiger partial charge in [-0.3, -0.25) is 0 Å². The fraction of sp³-hybridized carbons (Fsp3) is 1.00. The lowest BCUT2D eigenvalue weighted by Gasteiger charge is -2.21. The van der Waals surface area contributed by atoms with Crippen molar-refractivity contribution in [3.63, 3.8) is 0 Å². The number of nitrogens with zero attached hydrogens (tertiary/aromatic N) is 1. The molecule has 0 saturated heterocycles. The minimum absolute atomic E-state index is 0.181. The van der Waals surface area contributed by atoms with E-state index in [0.29, 0.717) is 6.54 Å². The number of aliphatic hydroxyl groups is 1. The first-order valence-corrected chi connectivity index (χ1v) is 4.78. The van der Waals surface area contributed by atoms with E-state index < -0.39 is 0 Å². The highest BCUT2D eigenvalue weighted by Gasteiger charge is 2.08. The number of ether oxygens (including phenoxy) is 1. The third kappa shape index (κ3) is 8.18. The zero-order valence-electron chi connectivity index (χ0n) is 8.92. The highest BCUT2D eigenvalue weighted by molar-refractivity contribution is 4.64. The van der Waals surface area contributed by atoms with Crippen LogP contribution in [0.15, 0.2) is 0 Å². The molecule has 4 nitrogen and oxygen atoms in total. The van der Waals surface area contributed by atoms with Gasteiger partial charge in [0.05, 0.1) is 12.7 Å². The van der Waals surface area contributed by atoms with Crippen LogP contribution in [-0.4, -0.2) is 63.1 Å². The molecule has 0 spiro atoms. The second kappa shape index (κ2) is 8.44. The Morgan fingerprint density at radius 1 is 1.46 bits per heavy atom. The topological polar surface area (TPSA) is 44.7 Å². The molecule has 0 aromatic rings. The van der Waals surface area contributed by atoms with Gasteiger partial charge >= 0.3 is 0 Å². The van der Waals surface area contributed by atoms with Gasteiger partial charge in [0, 0.05) is 26.2 Å². The monoisotopic (exact) mass is 190 g/mol. The number of rotatable bonds is 8. The largest absolute Gasteiger partial charge is 0.395 e. The molecule has 1 unspecified atom stereocenters. The molecule has 0 saturated carbocycles. The van der Waals surface area contributed by atoms with Gasteiger partial charge in [-0.2, -0.15) is 0 Å². The van der Waals surface area contributed by atoms with Crippen molar-refractivity contribution in [2.45, 2.75) is 13.0 Å². The third-order valence-corrected chi connectivity index (χ3v) is 1.63. The minimum atomic E-state index is 0.181. The van der Waals surface area contributed by atoms with Crippen LogP contribution in [0.2, 0.25) is 0 Å². The molecule has 0 aliphatic heterocycles. The Kier molecular flexibility index (Phi) is 8.33. The SMILES string of the molecule is CCOC(CNCCO)CN(C)C. The first-order chi connectivity index (χ1) is 6.20. The summed E-state index contributed by atoms with van der Waals surface area (Å²) in [4.78, 5) is 2.10. The predicted octanol–water partition coefficient (Wildman–Crippen LogP) is -0.465. The van der Waals surface area contributed by atoms with Crippen LogP contribution in [-0.2, 0) is 4.74 Å². The smallest absolute Gasteiger partial charge is 0.0825 e. The summed E-state index contributed by atoms with van der Waals surface area (Å²) >= 11 is 0. The second-order valence-corrected chi connectivity index (χ2v) is 3.27. The molecule has 4 heteroatoms. The highest BCUT2D eigenvalue weighted by Crippen LogP contribution is 1.92. The molecule has 2 N–H and O–H groups in total. The number of aliphatic hydroxyl groups excluding tert-OH is 1. The predicted molar refractivity (Wildman–Crippen MR) is 53.9 cm³/mol. The molecule has 0 amide bonds. The van der Waals surface area contributed by atoms with Crippen LogP contribution < -0.4 is 5.32 Å². The van der Waals surface area contributed by atoms with Crippen LogP contribution in [0.4, 0.5) is 0 Å². The first kappa shape index (κ1) is 12.8. The quantitative estimate of drug-likeness (QED) is 0.508. The minimum Gasteiger partial charge on any atom is -0.395 e. The van der Waals surface area contributed by atoms with E-state index in [0.717, 1.165) is 19.7 Å². The number of hydrogen-bond acceptors (Lipinski definition) is 4. The normalized spacial score (nSPS) is 13.6. The van der Waals surface area contributed by atoms with Crippen molar-refractivity contribution in [1.82, 2.24) is 10.2 Å². The zero-order valence-corrected chi connectivity index (χ0v) is 8.92. The summed E-state index contributed by atoms with van der Waals surface area (Å²) in [6.07, 6.45) is 0.214. The lowest BCUT2D eigenvalue weighted by molar-refractivity contribution is 0.0439. The third-order valence-electron chi connectivity index (χ3n) is 1.63. The Morgan fingerprint density at radius 3 is 2.62 bits per heavy atom. The molecule has 0 fully saturated rings. The van der Waals surface area contributed by atoms with E-state index in [4.69, 9.17) is 9.84 Å². The molecule has 1 atom stereocenters. The molecule has 0 aliphatic rings. The zero-order chi connectivity index (χ0) is 10.1. The summed E-state index contributed by atoms with van der Waals surface area (Å²) in [7, 11) is 4.05. The van der Waals surface area contributed by atoms with Crippen molar-refractivity contribution >= 4 is 0 Å². The summed E-state index contributed by atoms with van der Waals surface area (Å²) in [5.41, 5.74) is 0. The van der Waals surface area contributed by atoms with Gasteiger partial charge in [0.25, 0.3) is 0 Å². The van der Waals surface area contributed by atoms with Gasteiger partial charge in [-0.1, -0.05) is 0 Å². The van der Waals surface area contributed by atoms with E-state index in [1.54, 1.807) is 0 Å². The number of nitrogens with one attached hydrogen (secondary N) is 1. The molecule has 13 heavy (non-hydrogen) atoms. The summed E-state index contributed by atoms with van der Waals surface area (Å²) in [6, 6.07) is 0. The molecule has 80 valence electrons. The van der Waals surface area contributed by atoms with Crippen molar-refractivity contribution in [1.29, 1.82) is 0 Å². The lowest BCUT2D eigenvalue weighted by Crippen LogP contribution is -2.38. The van der Waals surface area contributed by atoms with Crippen LogP contribution in [0.3, 0.4) is 0 Å². The summed E-state index contributed by atoms with van der Waals surface area (Å²) < 4.78 is 5.51. The van der Waals surface area contributed by atoms with Crippen LogP contribution >= 0.6 is 0 Å². The van der Waals surface area contributed by atoms with Crippen molar-refractivity contribution < 1.29 is 9.84 Å². The average Bonchev–Trinajstić information content (AvgIpc) is 2.04. The van der Waals surface area contributed by atoms with Crippen molar-refractivity contribution in [3.8, 4) is 0 Å². The molecule has 0 aromatic carbocycles. The van der Waals surface area contributed by atoms with Gasteiger partial charge in [-0.25, -0.2) is 0 Å². The Hall–Kier alpha value is -0.160. The van der Waals surface area contributed by atoms with Gasteiger partial charge in [-0.15, -0.1) is 0 Å². The van der Waals surface area contributed by atoms with Crippen molar-refractivity contribution in [2.24, 2.45) is 0 Å². The van der Waals surface area contributed by atoms with E-state index in [2.05, 4.69) is 10.2 Å². The fourth-order valence-corrected chi connectivity index (χ4v) is 1.16. The molecule has 0 radical (unpaired) electrons. The van der Waals surface area contributed by atoms with Gasteiger partial charge < -0.3 is 20.1 Å². The summed E-state index contributed by atoms with van der Waals surface area (Å²) in [6.45, 7) is 5.25. The molecular formula is C9H22N2O2. The van der Waals surface area contributed by atoms with Gasteiger partial charge in [-0.05, 0) is 21.0 Å². The van der Waals surface area contributed by atoms with E-state index in [-0.39, 0.29) is 12.7 Å². The maximum absolute atomic E-state index is 8.58. The summed E-state index contributed by atoms with van der Waals surface area (Å²) in [5, 5.41) is 11.7. The van der Waals surface area contributed by atoms with Gasteiger partial charge in [0.2, 0.25) is 0 Å². The molecule has 0 bridgehead atoms. The lowest BCUT2D eigenvalue weighted by atomic mass is 10.3. The van der Waals surface area contributed by atoms with Crippen LogP contribution in [0.1, 0.15) is 6.92 Å². The van der Waals surface area contributed by atoms with Crippen LogP contribution in [0.25, 0.3) is 0 Å². The van der Waals surface area contributed by atoms with E-state index >= 15 is 0 Å². The molecule has 0 aliphatic carbocycles. The first-order valence-electron chi connectivity index (χ1n) is 4.78. The molecular weight excluding hydrogens is 168 g/mol. The molecule has 0 heterocycles. The van der Waals surface area contributed by atoms with E-state index in [1.807, 2.05) is 21.0 Å². The van der Waals surface area contributed by atoms with E-state index in [9.17, 15) is 0 Å². The maximum atomic E-state index is 8.58. The van der Waals surface area contributed by atoms with Crippen molar-refractivity contribution in [3.05, 3.63) is 0 Å².